The molecule has 12 heteroatoms. The van der Waals surface area contributed by atoms with E-state index < -0.39 is 23.2 Å². The first-order valence-electron chi connectivity index (χ1n) is 12.9. The smallest absolute Gasteiger partial charge is 0.333 e. The van der Waals surface area contributed by atoms with Crippen LogP contribution in [0.5, 0.6) is 0 Å². The van der Waals surface area contributed by atoms with Gasteiger partial charge in [-0.3, -0.25) is 23.5 Å². The van der Waals surface area contributed by atoms with E-state index in [4.69, 9.17) is 33.9 Å². The molecule has 0 aliphatic carbocycles. The fraction of sp³-hybridized carbons (Fsp3) is 0.321. The molecule has 5 rings (SSSR count). The van der Waals surface area contributed by atoms with Gasteiger partial charge in [-0.25, -0.2) is 14.3 Å². The van der Waals surface area contributed by atoms with Crippen LogP contribution in [0.2, 0.25) is 10.0 Å². The molecule has 2 amide bonds. The number of imidazole rings is 1. The van der Waals surface area contributed by atoms with E-state index in [1.54, 1.807) is 58.0 Å². The van der Waals surface area contributed by atoms with Gasteiger partial charge in [0, 0.05) is 42.8 Å². The SMILES string of the molecule is CC(=O)N1CCC(Cn2c(=O)n(C(C)C(N)=O)c(=O)c3c2nc(-c2ccccc2Cl)n3-c2ccc(Cl)cc2)CC1. The van der Waals surface area contributed by atoms with Crippen molar-refractivity contribution in [1.29, 1.82) is 0 Å². The maximum atomic E-state index is 14.0. The van der Waals surface area contributed by atoms with Crippen molar-refractivity contribution in [2.45, 2.75) is 39.3 Å². The third-order valence-corrected chi connectivity index (χ3v) is 8.05. The molecule has 1 aliphatic heterocycles. The predicted octanol–water partition coefficient (Wildman–Crippen LogP) is 3.63. The number of halogens is 2. The van der Waals surface area contributed by atoms with Crippen LogP contribution in [0.3, 0.4) is 0 Å². The minimum atomic E-state index is -1.20. The molecule has 208 valence electrons. The topological polar surface area (TPSA) is 125 Å². The zero-order chi connectivity index (χ0) is 28.7. The second-order valence-electron chi connectivity index (χ2n) is 10.00. The molecule has 2 aromatic heterocycles. The third kappa shape index (κ3) is 4.93. The summed E-state index contributed by atoms with van der Waals surface area (Å²) in [6.45, 7) is 4.34. The standard InChI is InChI=1S/C28H28Cl2N6O4/c1-16(24(31)38)35-27(39)23-26(34(28(35)40)15-18-11-13-33(14-12-18)17(2)37)32-25(21-5-3-4-6-22(21)30)36(23)20-9-7-19(29)8-10-20/h3-10,16,18H,11-15H2,1-2H3,(H2,31,38). The monoisotopic (exact) mass is 582 g/mol. The number of fused-ring (bicyclic) bond motifs is 1. The Morgan fingerprint density at radius 1 is 1.05 bits per heavy atom. The van der Waals surface area contributed by atoms with Crippen molar-refractivity contribution < 1.29 is 9.59 Å². The average molecular weight is 583 g/mol. The van der Waals surface area contributed by atoms with Crippen LogP contribution in [0.1, 0.15) is 32.7 Å². The van der Waals surface area contributed by atoms with Crippen molar-refractivity contribution >= 4 is 46.2 Å². The van der Waals surface area contributed by atoms with Crippen LogP contribution < -0.4 is 17.0 Å². The molecule has 2 aromatic carbocycles. The van der Waals surface area contributed by atoms with Crippen LogP contribution in [0.4, 0.5) is 0 Å². The molecule has 4 aromatic rings. The fourth-order valence-corrected chi connectivity index (χ4v) is 5.54. The van der Waals surface area contributed by atoms with Gasteiger partial charge >= 0.3 is 5.69 Å². The first kappa shape index (κ1) is 27.7. The van der Waals surface area contributed by atoms with Crippen LogP contribution in [0.15, 0.2) is 58.1 Å². The molecule has 0 spiro atoms. The molecule has 1 unspecified atom stereocenters. The molecule has 1 aliphatic rings. The van der Waals surface area contributed by atoms with Crippen LogP contribution >= 0.6 is 23.2 Å². The van der Waals surface area contributed by atoms with E-state index in [-0.39, 0.29) is 29.5 Å². The zero-order valence-electron chi connectivity index (χ0n) is 22.0. The molecular formula is C28H28Cl2N6O4. The van der Waals surface area contributed by atoms with Crippen molar-refractivity contribution in [2.24, 2.45) is 11.7 Å². The van der Waals surface area contributed by atoms with Crippen LogP contribution in [0.25, 0.3) is 28.2 Å². The lowest BCUT2D eigenvalue weighted by atomic mass is 9.96. The molecule has 3 heterocycles. The molecule has 10 nitrogen and oxygen atoms in total. The summed E-state index contributed by atoms with van der Waals surface area (Å²) in [6, 6.07) is 12.7. The minimum Gasteiger partial charge on any atom is -0.368 e. The Hall–Kier alpha value is -3.89. The number of aromatic nitrogens is 4. The second kappa shape index (κ2) is 10.9. The van der Waals surface area contributed by atoms with Crippen LogP contribution in [0, 0.1) is 5.92 Å². The molecule has 2 N–H and O–H groups in total. The van der Waals surface area contributed by atoms with Gasteiger partial charge in [0.15, 0.2) is 11.2 Å². The summed E-state index contributed by atoms with van der Waals surface area (Å²) in [5.41, 5.74) is 5.59. The highest BCUT2D eigenvalue weighted by Gasteiger charge is 2.29. The fourth-order valence-electron chi connectivity index (χ4n) is 5.20. The minimum absolute atomic E-state index is 0.00734. The number of carbonyl (C=O) groups excluding carboxylic acids is 2. The number of amides is 2. The van der Waals surface area contributed by atoms with E-state index in [2.05, 4.69) is 0 Å². The number of likely N-dealkylation sites (tertiary alicyclic amines) is 1. The molecular weight excluding hydrogens is 555 g/mol. The van der Waals surface area contributed by atoms with E-state index >= 15 is 0 Å². The number of nitrogens with zero attached hydrogens (tertiary/aromatic N) is 5. The first-order chi connectivity index (χ1) is 19.1. The van der Waals surface area contributed by atoms with E-state index in [1.807, 2.05) is 0 Å². The summed E-state index contributed by atoms with van der Waals surface area (Å²) >= 11 is 12.7. The summed E-state index contributed by atoms with van der Waals surface area (Å²) < 4.78 is 3.96. The molecule has 1 saturated heterocycles. The quantitative estimate of drug-likeness (QED) is 0.371. The Bertz CT molecular complexity index is 1730. The molecule has 1 fully saturated rings. The highest BCUT2D eigenvalue weighted by molar-refractivity contribution is 6.33. The zero-order valence-corrected chi connectivity index (χ0v) is 23.5. The van der Waals surface area contributed by atoms with Crippen LogP contribution in [-0.4, -0.2) is 48.5 Å². The average Bonchev–Trinajstić information content (AvgIpc) is 3.32. The molecule has 1 atom stereocenters. The van der Waals surface area contributed by atoms with Gasteiger partial charge in [-0.1, -0.05) is 35.3 Å². The summed E-state index contributed by atoms with van der Waals surface area (Å²) in [5.74, 6) is -0.420. The van der Waals surface area contributed by atoms with Gasteiger partial charge in [0.05, 0.1) is 5.02 Å². The van der Waals surface area contributed by atoms with Crippen molar-refractivity contribution in [1.82, 2.24) is 23.6 Å². The molecule has 0 bridgehead atoms. The van der Waals surface area contributed by atoms with E-state index in [1.165, 1.54) is 18.4 Å². The number of hydrogen-bond donors (Lipinski definition) is 1. The highest BCUT2D eigenvalue weighted by Crippen LogP contribution is 2.32. The third-order valence-electron chi connectivity index (χ3n) is 7.47. The van der Waals surface area contributed by atoms with Crippen molar-refractivity contribution in [2.75, 3.05) is 13.1 Å². The van der Waals surface area contributed by atoms with E-state index in [0.29, 0.717) is 53.1 Å². The van der Waals surface area contributed by atoms with Gasteiger partial charge in [-0.05, 0) is 62.1 Å². The Morgan fingerprint density at radius 2 is 1.70 bits per heavy atom. The summed E-state index contributed by atoms with van der Waals surface area (Å²) in [5, 5.41) is 0.908. The Balaban J connectivity index is 1.82. The van der Waals surface area contributed by atoms with Crippen molar-refractivity contribution in [3.63, 3.8) is 0 Å². The number of piperidine rings is 1. The number of nitrogens with two attached hydrogens (primary N) is 1. The second-order valence-corrected chi connectivity index (χ2v) is 10.8. The summed E-state index contributed by atoms with van der Waals surface area (Å²) in [7, 11) is 0. The molecule has 0 radical (unpaired) electrons. The van der Waals surface area contributed by atoms with Gasteiger partial charge in [0.2, 0.25) is 11.8 Å². The number of benzene rings is 2. The number of primary amides is 1. The molecule has 40 heavy (non-hydrogen) atoms. The van der Waals surface area contributed by atoms with E-state index in [0.717, 1.165) is 4.57 Å². The highest BCUT2D eigenvalue weighted by atomic mass is 35.5. The number of carbonyl (C=O) groups is 2. The lowest BCUT2D eigenvalue weighted by Gasteiger charge is -2.31. The Kier molecular flexibility index (Phi) is 7.57. The largest absolute Gasteiger partial charge is 0.368 e. The molecule has 0 saturated carbocycles. The van der Waals surface area contributed by atoms with Crippen LogP contribution in [-0.2, 0) is 16.1 Å². The normalized spacial score (nSPS) is 14.9. The summed E-state index contributed by atoms with van der Waals surface area (Å²) in [4.78, 5) is 58.6. The maximum absolute atomic E-state index is 14.0. The summed E-state index contributed by atoms with van der Waals surface area (Å²) in [6.07, 6.45) is 1.35. The predicted molar refractivity (Wildman–Crippen MR) is 154 cm³/mol. The van der Waals surface area contributed by atoms with Gasteiger partial charge in [0.25, 0.3) is 5.56 Å². The first-order valence-corrected chi connectivity index (χ1v) is 13.7. The van der Waals surface area contributed by atoms with Gasteiger partial charge in [-0.2, -0.15) is 0 Å². The lowest BCUT2D eigenvalue weighted by Crippen LogP contribution is -2.46. The van der Waals surface area contributed by atoms with E-state index in [9.17, 15) is 19.2 Å². The Morgan fingerprint density at radius 3 is 2.30 bits per heavy atom. The van der Waals surface area contributed by atoms with Crippen molar-refractivity contribution in [3.05, 3.63) is 79.4 Å². The van der Waals surface area contributed by atoms with Gasteiger partial charge < -0.3 is 10.6 Å². The lowest BCUT2D eigenvalue weighted by molar-refractivity contribution is -0.130. The number of rotatable bonds is 6. The van der Waals surface area contributed by atoms with Gasteiger partial charge in [0.1, 0.15) is 11.9 Å². The maximum Gasteiger partial charge on any atom is 0.333 e. The Labute approximate surface area is 239 Å². The van der Waals surface area contributed by atoms with Crippen molar-refractivity contribution in [3.8, 4) is 17.1 Å². The number of hydrogen-bond acceptors (Lipinski definition) is 5. The van der Waals surface area contributed by atoms with Gasteiger partial charge in [-0.15, -0.1) is 0 Å².